The Hall–Kier alpha value is -2.79. The van der Waals surface area contributed by atoms with Crippen molar-refractivity contribution in [2.24, 2.45) is 0 Å². The molecule has 3 rings (SSSR count). The second-order valence-corrected chi connectivity index (χ2v) is 7.43. The maximum Gasteiger partial charge on any atom is 0.246 e. The summed E-state index contributed by atoms with van der Waals surface area (Å²) < 4.78 is 10.6. The molecule has 0 unspecified atom stereocenters. The third-order valence-electron chi connectivity index (χ3n) is 5.43. The van der Waals surface area contributed by atoms with Crippen molar-refractivity contribution in [3.8, 4) is 11.5 Å². The number of rotatable bonds is 7. The molecule has 1 fully saturated rings. The standard InChI is InChI=1S/C24H30N2O3/c1-25(17-20-8-5-4-6-9-20)21-10-7-15-26(18-21)24(27)14-12-19-11-13-22(28-2)23(16-19)29-3/h4-6,8-9,11-14,16,21H,7,10,15,17-18H2,1-3H3/b14-12+/t21-/m0/s1. The van der Waals surface area contributed by atoms with Crippen molar-refractivity contribution in [2.45, 2.75) is 25.4 Å². The lowest BCUT2D eigenvalue weighted by Gasteiger charge is -2.37. The number of piperidine rings is 1. The molecular weight excluding hydrogens is 364 g/mol. The summed E-state index contributed by atoms with van der Waals surface area (Å²) in [5.41, 5.74) is 2.21. The molecule has 5 nitrogen and oxygen atoms in total. The fourth-order valence-corrected chi connectivity index (χ4v) is 3.74. The highest BCUT2D eigenvalue weighted by Crippen LogP contribution is 2.28. The monoisotopic (exact) mass is 394 g/mol. The molecule has 1 heterocycles. The molecule has 0 bridgehead atoms. The Kier molecular flexibility index (Phi) is 7.30. The highest BCUT2D eigenvalue weighted by atomic mass is 16.5. The number of ether oxygens (including phenoxy) is 2. The summed E-state index contributed by atoms with van der Waals surface area (Å²) >= 11 is 0. The minimum absolute atomic E-state index is 0.0533. The number of hydrogen-bond donors (Lipinski definition) is 0. The van der Waals surface area contributed by atoms with Crippen molar-refractivity contribution in [1.82, 2.24) is 9.80 Å². The van der Waals surface area contributed by atoms with Crippen LogP contribution in [0.3, 0.4) is 0 Å². The highest BCUT2D eigenvalue weighted by molar-refractivity contribution is 5.92. The zero-order valence-corrected chi connectivity index (χ0v) is 17.5. The number of benzene rings is 2. The zero-order chi connectivity index (χ0) is 20.6. The molecule has 1 saturated heterocycles. The summed E-state index contributed by atoms with van der Waals surface area (Å²) in [7, 11) is 5.36. The van der Waals surface area contributed by atoms with E-state index in [4.69, 9.17) is 9.47 Å². The van der Waals surface area contributed by atoms with Gasteiger partial charge >= 0.3 is 0 Å². The Morgan fingerprint density at radius 2 is 1.90 bits per heavy atom. The van der Waals surface area contributed by atoms with Crippen LogP contribution >= 0.6 is 0 Å². The number of amides is 1. The number of carbonyl (C=O) groups excluding carboxylic acids is 1. The molecule has 1 aliphatic rings. The SMILES string of the molecule is COc1ccc(/C=C/C(=O)N2CCC[C@H](N(C)Cc3ccccc3)C2)cc1OC. The Balaban J connectivity index is 1.60. The van der Waals surface area contributed by atoms with Crippen LogP contribution in [0.2, 0.25) is 0 Å². The molecule has 0 radical (unpaired) electrons. The molecule has 29 heavy (non-hydrogen) atoms. The van der Waals surface area contributed by atoms with E-state index >= 15 is 0 Å². The second-order valence-electron chi connectivity index (χ2n) is 7.43. The van der Waals surface area contributed by atoms with Gasteiger partial charge in [-0.3, -0.25) is 9.69 Å². The van der Waals surface area contributed by atoms with E-state index in [2.05, 4.69) is 36.2 Å². The topological polar surface area (TPSA) is 42.0 Å². The lowest BCUT2D eigenvalue weighted by atomic mass is 10.0. The fraction of sp³-hybridized carbons (Fsp3) is 0.375. The van der Waals surface area contributed by atoms with E-state index in [9.17, 15) is 4.79 Å². The van der Waals surface area contributed by atoms with Crippen LogP contribution in [0, 0.1) is 0 Å². The van der Waals surface area contributed by atoms with Gasteiger partial charge in [0.05, 0.1) is 14.2 Å². The van der Waals surface area contributed by atoms with E-state index in [0.29, 0.717) is 17.5 Å². The van der Waals surface area contributed by atoms with Crippen LogP contribution in [-0.4, -0.2) is 56.1 Å². The Bertz CT molecular complexity index is 835. The van der Waals surface area contributed by atoms with Crippen LogP contribution in [0.5, 0.6) is 11.5 Å². The van der Waals surface area contributed by atoms with Gasteiger partial charge in [0.2, 0.25) is 5.91 Å². The Morgan fingerprint density at radius 1 is 1.14 bits per heavy atom. The van der Waals surface area contributed by atoms with Gasteiger partial charge in [0.25, 0.3) is 0 Å². The molecule has 0 spiro atoms. The first-order valence-corrected chi connectivity index (χ1v) is 10.0. The molecule has 0 aliphatic carbocycles. The summed E-state index contributed by atoms with van der Waals surface area (Å²) in [5.74, 6) is 1.39. The normalized spacial score (nSPS) is 17.0. The van der Waals surface area contributed by atoms with E-state index in [1.807, 2.05) is 35.2 Å². The average molecular weight is 395 g/mol. The molecule has 2 aromatic rings. The van der Waals surface area contributed by atoms with Crippen LogP contribution in [0.1, 0.15) is 24.0 Å². The molecule has 154 valence electrons. The van der Waals surface area contributed by atoms with Gasteiger partial charge in [0, 0.05) is 31.8 Å². The van der Waals surface area contributed by atoms with Gasteiger partial charge in [0.15, 0.2) is 11.5 Å². The molecule has 5 heteroatoms. The van der Waals surface area contributed by atoms with E-state index in [-0.39, 0.29) is 5.91 Å². The molecule has 0 N–H and O–H groups in total. The van der Waals surface area contributed by atoms with Gasteiger partial charge in [0.1, 0.15) is 0 Å². The van der Waals surface area contributed by atoms with Crippen molar-refractivity contribution in [2.75, 3.05) is 34.4 Å². The number of carbonyl (C=O) groups is 1. The van der Waals surface area contributed by atoms with Gasteiger partial charge in [-0.05, 0) is 49.2 Å². The molecular formula is C24H30N2O3. The van der Waals surface area contributed by atoms with Gasteiger partial charge < -0.3 is 14.4 Å². The minimum Gasteiger partial charge on any atom is -0.493 e. The molecule has 0 aromatic heterocycles. The number of methoxy groups -OCH3 is 2. The lowest BCUT2D eigenvalue weighted by Crippen LogP contribution is -2.47. The van der Waals surface area contributed by atoms with Gasteiger partial charge in [-0.15, -0.1) is 0 Å². The summed E-state index contributed by atoms with van der Waals surface area (Å²) in [4.78, 5) is 17.0. The van der Waals surface area contributed by atoms with E-state index < -0.39 is 0 Å². The van der Waals surface area contributed by atoms with Crippen molar-refractivity contribution >= 4 is 12.0 Å². The molecule has 2 aromatic carbocycles. The third kappa shape index (κ3) is 5.61. The fourth-order valence-electron chi connectivity index (χ4n) is 3.74. The maximum atomic E-state index is 12.7. The average Bonchev–Trinajstić information content (AvgIpc) is 2.78. The highest BCUT2D eigenvalue weighted by Gasteiger charge is 2.25. The van der Waals surface area contributed by atoms with Crippen molar-refractivity contribution in [1.29, 1.82) is 0 Å². The molecule has 1 aliphatic heterocycles. The predicted molar refractivity (Wildman–Crippen MR) is 116 cm³/mol. The molecule has 0 saturated carbocycles. The smallest absolute Gasteiger partial charge is 0.246 e. The van der Waals surface area contributed by atoms with Crippen molar-refractivity contribution in [3.05, 3.63) is 65.7 Å². The zero-order valence-electron chi connectivity index (χ0n) is 17.5. The van der Waals surface area contributed by atoms with Crippen LogP contribution < -0.4 is 9.47 Å². The van der Waals surface area contributed by atoms with Gasteiger partial charge in [-0.25, -0.2) is 0 Å². The summed E-state index contributed by atoms with van der Waals surface area (Å²) in [6.45, 7) is 2.47. The number of likely N-dealkylation sites (tertiary alicyclic amines) is 1. The van der Waals surface area contributed by atoms with Crippen molar-refractivity contribution < 1.29 is 14.3 Å². The first kappa shape index (κ1) is 20.9. The van der Waals surface area contributed by atoms with E-state index in [1.54, 1.807) is 20.3 Å². The number of likely N-dealkylation sites (N-methyl/N-ethyl adjacent to an activating group) is 1. The Morgan fingerprint density at radius 3 is 2.62 bits per heavy atom. The first-order chi connectivity index (χ1) is 14.1. The first-order valence-electron chi connectivity index (χ1n) is 10.0. The summed E-state index contributed by atoms with van der Waals surface area (Å²) in [6.07, 6.45) is 5.63. The number of hydrogen-bond acceptors (Lipinski definition) is 4. The van der Waals surface area contributed by atoms with Gasteiger partial charge in [-0.2, -0.15) is 0 Å². The quantitative estimate of drug-likeness (QED) is 0.669. The second kappa shape index (κ2) is 10.1. The maximum absolute atomic E-state index is 12.7. The van der Waals surface area contributed by atoms with Crippen LogP contribution in [0.15, 0.2) is 54.6 Å². The third-order valence-corrected chi connectivity index (χ3v) is 5.43. The predicted octanol–water partition coefficient (Wildman–Crippen LogP) is 3.84. The van der Waals surface area contributed by atoms with E-state index in [1.165, 1.54) is 5.56 Å². The van der Waals surface area contributed by atoms with Crippen LogP contribution in [0.4, 0.5) is 0 Å². The van der Waals surface area contributed by atoms with Crippen LogP contribution in [-0.2, 0) is 11.3 Å². The summed E-state index contributed by atoms with van der Waals surface area (Å²) in [5, 5.41) is 0. The molecule has 1 amide bonds. The van der Waals surface area contributed by atoms with E-state index in [0.717, 1.165) is 38.0 Å². The minimum atomic E-state index is 0.0533. The van der Waals surface area contributed by atoms with Gasteiger partial charge in [-0.1, -0.05) is 36.4 Å². The summed E-state index contributed by atoms with van der Waals surface area (Å²) in [6, 6.07) is 16.5. The van der Waals surface area contributed by atoms with Crippen LogP contribution in [0.25, 0.3) is 6.08 Å². The lowest BCUT2D eigenvalue weighted by molar-refractivity contribution is -0.128. The Labute approximate surface area is 173 Å². The largest absolute Gasteiger partial charge is 0.493 e. The number of nitrogens with zero attached hydrogens (tertiary/aromatic N) is 2. The van der Waals surface area contributed by atoms with Crippen molar-refractivity contribution in [3.63, 3.8) is 0 Å². The molecule has 1 atom stereocenters.